The molecule has 2 aromatic heterocycles. The molecule has 2 heterocycles. The summed E-state index contributed by atoms with van der Waals surface area (Å²) in [4.78, 5) is 11.9. The van der Waals surface area contributed by atoms with Gasteiger partial charge >= 0.3 is 5.97 Å². The standard InChI is InChI=1S/C11H9BrN2O2S/c1-2-3-14-9(5-8(13-14)11(15)16)10-4-7(12)6-17-10/h2,4-6H,1,3H2,(H,15,16). The quantitative estimate of drug-likeness (QED) is 0.882. The van der Waals surface area contributed by atoms with E-state index in [-0.39, 0.29) is 5.69 Å². The monoisotopic (exact) mass is 312 g/mol. The van der Waals surface area contributed by atoms with E-state index in [2.05, 4.69) is 27.6 Å². The lowest BCUT2D eigenvalue weighted by Gasteiger charge is -2.01. The molecule has 0 aliphatic rings. The lowest BCUT2D eigenvalue weighted by molar-refractivity contribution is 0.0689. The van der Waals surface area contributed by atoms with E-state index < -0.39 is 5.97 Å². The van der Waals surface area contributed by atoms with Gasteiger partial charge in [-0.25, -0.2) is 4.79 Å². The number of halogens is 1. The van der Waals surface area contributed by atoms with Gasteiger partial charge in [0.2, 0.25) is 0 Å². The Morgan fingerprint density at radius 1 is 1.65 bits per heavy atom. The molecule has 0 bridgehead atoms. The van der Waals surface area contributed by atoms with E-state index in [0.29, 0.717) is 6.54 Å². The van der Waals surface area contributed by atoms with Crippen LogP contribution in [0.4, 0.5) is 0 Å². The number of carbonyl (C=O) groups is 1. The number of rotatable bonds is 4. The molecule has 0 spiro atoms. The highest BCUT2D eigenvalue weighted by atomic mass is 79.9. The summed E-state index contributed by atoms with van der Waals surface area (Å²) in [6, 6.07) is 3.51. The first-order valence-corrected chi connectivity index (χ1v) is 6.45. The fourth-order valence-electron chi connectivity index (χ4n) is 1.43. The van der Waals surface area contributed by atoms with Crippen LogP contribution in [0.5, 0.6) is 0 Å². The average molecular weight is 313 g/mol. The molecule has 0 fully saturated rings. The van der Waals surface area contributed by atoms with Gasteiger partial charge in [0.1, 0.15) is 0 Å². The van der Waals surface area contributed by atoms with Gasteiger partial charge in [-0.05, 0) is 28.1 Å². The number of hydrogen-bond donors (Lipinski definition) is 1. The number of carboxylic acids is 1. The largest absolute Gasteiger partial charge is 0.476 e. The minimum Gasteiger partial charge on any atom is -0.476 e. The first-order valence-electron chi connectivity index (χ1n) is 4.78. The van der Waals surface area contributed by atoms with Gasteiger partial charge in [0, 0.05) is 9.85 Å². The average Bonchev–Trinajstić information content (AvgIpc) is 2.85. The first-order chi connectivity index (χ1) is 8.11. The number of carboxylic acid groups (broad SMARTS) is 1. The smallest absolute Gasteiger partial charge is 0.356 e. The number of aromatic carboxylic acids is 1. The fraction of sp³-hybridized carbons (Fsp3) is 0.0909. The molecule has 2 aromatic rings. The highest BCUT2D eigenvalue weighted by Gasteiger charge is 2.15. The molecule has 4 nitrogen and oxygen atoms in total. The Labute approximate surface area is 110 Å². The van der Waals surface area contributed by atoms with Gasteiger partial charge in [0.15, 0.2) is 5.69 Å². The van der Waals surface area contributed by atoms with Crippen molar-refractivity contribution in [1.29, 1.82) is 0 Å². The minimum atomic E-state index is -1.02. The summed E-state index contributed by atoms with van der Waals surface area (Å²) in [5.74, 6) is -1.02. The summed E-state index contributed by atoms with van der Waals surface area (Å²) in [7, 11) is 0. The summed E-state index contributed by atoms with van der Waals surface area (Å²) < 4.78 is 2.61. The van der Waals surface area contributed by atoms with Crippen LogP contribution in [0.15, 0.2) is 34.6 Å². The van der Waals surface area contributed by atoms with Crippen LogP contribution in [-0.4, -0.2) is 20.9 Å². The van der Waals surface area contributed by atoms with Gasteiger partial charge in [0.25, 0.3) is 0 Å². The van der Waals surface area contributed by atoms with Gasteiger partial charge in [-0.15, -0.1) is 17.9 Å². The SMILES string of the molecule is C=CCn1nc(C(=O)O)cc1-c1cc(Br)cs1. The molecule has 0 amide bonds. The van der Waals surface area contributed by atoms with Crippen LogP contribution in [0.2, 0.25) is 0 Å². The Morgan fingerprint density at radius 3 is 2.94 bits per heavy atom. The third-order valence-corrected chi connectivity index (χ3v) is 3.83. The molecule has 0 saturated heterocycles. The molecular weight excluding hydrogens is 304 g/mol. The summed E-state index contributed by atoms with van der Waals surface area (Å²) >= 11 is 4.91. The lowest BCUT2D eigenvalue weighted by atomic mass is 10.3. The van der Waals surface area contributed by atoms with Crippen molar-refractivity contribution >= 4 is 33.2 Å². The second kappa shape index (κ2) is 4.85. The number of hydrogen-bond acceptors (Lipinski definition) is 3. The Balaban J connectivity index is 2.50. The zero-order chi connectivity index (χ0) is 12.4. The van der Waals surface area contributed by atoms with Crippen molar-refractivity contribution < 1.29 is 9.90 Å². The summed E-state index contributed by atoms with van der Waals surface area (Å²) in [6.45, 7) is 4.12. The van der Waals surface area contributed by atoms with E-state index in [1.807, 2.05) is 11.4 Å². The van der Waals surface area contributed by atoms with Crippen molar-refractivity contribution in [3.05, 3.63) is 40.3 Å². The molecule has 1 N–H and O–H groups in total. The zero-order valence-electron chi connectivity index (χ0n) is 8.76. The Hall–Kier alpha value is -1.40. The van der Waals surface area contributed by atoms with Crippen molar-refractivity contribution in [1.82, 2.24) is 9.78 Å². The highest BCUT2D eigenvalue weighted by molar-refractivity contribution is 9.10. The maximum absolute atomic E-state index is 10.9. The van der Waals surface area contributed by atoms with E-state index in [9.17, 15) is 4.79 Å². The number of allylic oxidation sites excluding steroid dienone is 1. The number of aromatic nitrogens is 2. The number of thiophene rings is 1. The molecule has 0 atom stereocenters. The van der Waals surface area contributed by atoms with Crippen LogP contribution >= 0.6 is 27.3 Å². The molecule has 0 unspecified atom stereocenters. The topological polar surface area (TPSA) is 55.1 Å². The van der Waals surface area contributed by atoms with E-state index in [0.717, 1.165) is 15.0 Å². The third kappa shape index (κ3) is 2.48. The van der Waals surface area contributed by atoms with E-state index in [4.69, 9.17) is 5.11 Å². The van der Waals surface area contributed by atoms with E-state index in [1.165, 1.54) is 11.3 Å². The molecule has 0 radical (unpaired) electrons. The fourth-order valence-corrected chi connectivity index (χ4v) is 2.88. The van der Waals surface area contributed by atoms with Crippen LogP contribution in [0, 0.1) is 0 Å². The van der Waals surface area contributed by atoms with Crippen molar-refractivity contribution in [3.63, 3.8) is 0 Å². The van der Waals surface area contributed by atoms with Crippen molar-refractivity contribution in [2.75, 3.05) is 0 Å². The third-order valence-electron chi connectivity index (χ3n) is 2.12. The van der Waals surface area contributed by atoms with E-state index in [1.54, 1.807) is 16.8 Å². The molecule has 0 aromatic carbocycles. The van der Waals surface area contributed by atoms with Crippen LogP contribution in [0.3, 0.4) is 0 Å². The number of nitrogens with zero attached hydrogens (tertiary/aromatic N) is 2. The zero-order valence-corrected chi connectivity index (χ0v) is 11.2. The Kier molecular flexibility index (Phi) is 3.44. The minimum absolute atomic E-state index is 0.0476. The van der Waals surface area contributed by atoms with Gasteiger partial charge in [0.05, 0.1) is 17.1 Å². The van der Waals surface area contributed by atoms with Gasteiger partial charge < -0.3 is 5.11 Å². The van der Waals surface area contributed by atoms with Crippen LogP contribution in [-0.2, 0) is 6.54 Å². The second-order valence-electron chi connectivity index (χ2n) is 3.32. The molecule has 17 heavy (non-hydrogen) atoms. The van der Waals surface area contributed by atoms with Gasteiger partial charge in [-0.2, -0.15) is 5.10 Å². The Morgan fingerprint density at radius 2 is 2.41 bits per heavy atom. The molecule has 2 rings (SSSR count). The second-order valence-corrected chi connectivity index (χ2v) is 5.15. The first kappa shape index (κ1) is 12.1. The summed E-state index contributed by atoms with van der Waals surface area (Å²) in [5, 5.41) is 14.9. The maximum Gasteiger partial charge on any atom is 0.356 e. The highest BCUT2D eigenvalue weighted by Crippen LogP contribution is 2.30. The Bertz CT molecular complexity index is 574. The van der Waals surface area contributed by atoms with Crippen molar-refractivity contribution in [2.24, 2.45) is 0 Å². The molecule has 6 heteroatoms. The molecule has 88 valence electrons. The summed E-state index contributed by atoms with van der Waals surface area (Å²) in [6.07, 6.45) is 1.69. The molecule has 0 aliphatic carbocycles. The van der Waals surface area contributed by atoms with Crippen molar-refractivity contribution in [2.45, 2.75) is 6.54 Å². The predicted octanol–water partition coefficient (Wildman–Crippen LogP) is 3.26. The van der Waals surface area contributed by atoms with E-state index >= 15 is 0 Å². The summed E-state index contributed by atoms with van der Waals surface area (Å²) in [5.41, 5.74) is 0.837. The van der Waals surface area contributed by atoms with Gasteiger partial charge in [-0.3, -0.25) is 4.68 Å². The normalized spacial score (nSPS) is 10.4. The van der Waals surface area contributed by atoms with Crippen LogP contribution in [0.1, 0.15) is 10.5 Å². The molecule has 0 saturated carbocycles. The molecular formula is C11H9BrN2O2S. The van der Waals surface area contributed by atoms with Crippen molar-refractivity contribution in [3.8, 4) is 10.6 Å². The maximum atomic E-state index is 10.9. The predicted molar refractivity (Wildman–Crippen MR) is 70.4 cm³/mol. The van der Waals surface area contributed by atoms with Crippen LogP contribution < -0.4 is 0 Å². The van der Waals surface area contributed by atoms with Crippen LogP contribution in [0.25, 0.3) is 10.6 Å². The van der Waals surface area contributed by atoms with Gasteiger partial charge in [-0.1, -0.05) is 6.08 Å². The molecule has 0 aliphatic heterocycles. The lowest BCUT2D eigenvalue weighted by Crippen LogP contribution is -2.02.